The Labute approximate surface area is 119 Å². The minimum absolute atomic E-state index is 0.0179. The fourth-order valence-electron chi connectivity index (χ4n) is 1.71. The number of halogens is 1. The number of carbonyl (C=O) groups is 1. The fourth-order valence-corrected chi connectivity index (χ4v) is 2.16. The summed E-state index contributed by atoms with van der Waals surface area (Å²) in [7, 11) is 0. The number of esters is 1. The van der Waals surface area contributed by atoms with Gasteiger partial charge in [-0.05, 0) is 31.5 Å². The van der Waals surface area contributed by atoms with Crippen LogP contribution >= 0.6 is 15.9 Å². The summed E-state index contributed by atoms with van der Waals surface area (Å²) < 4.78 is 11.2. The number of hydrogen-bond acceptors (Lipinski definition) is 4. The second-order valence-corrected chi connectivity index (χ2v) is 4.96. The molecule has 0 amide bonds. The van der Waals surface area contributed by atoms with Crippen molar-refractivity contribution < 1.29 is 13.9 Å². The number of aryl methyl sites for hydroxylation is 1. The van der Waals surface area contributed by atoms with Crippen LogP contribution in [0.2, 0.25) is 0 Å². The minimum Gasteiger partial charge on any atom is -0.459 e. The molecular formula is C14H14BrNO3. The number of rotatable bonds is 4. The molecule has 0 N–H and O–H groups in total. The summed E-state index contributed by atoms with van der Waals surface area (Å²) in [6.07, 6.45) is 0.619. The lowest BCUT2D eigenvalue weighted by Gasteiger charge is -1.99. The van der Waals surface area contributed by atoms with Crippen molar-refractivity contribution in [2.24, 2.45) is 0 Å². The first-order chi connectivity index (χ1) is 9.10. The molecule has 2 rings (SSSR count). The quantitative estimate of drug-likeness (QED) is 0.808. The average molecular weight is 324 g/mol. The van der Waals surface area contributed by atoms with Crippen molar-refractivity contribution in [3.8, 4) is 0 Å². The highest BCUT2D eigenvalue weighted by Crippen LogP contribution is 2.18. The fraction of sp³-hybridized carbons (Fsp3) is 0.286. The molecule has 0 atom stereocenters. The van der Waals surface area contributed by atoms with Crippen LogP contribution in [0.4, 0.5) is 0 Å². The van der Waals surface area contributed by atoms with Gasteiger partial charge in [0.05, 0.1) is 12.3 Å². The molecule has 19 heavy (non-hydrogen) atoms. The molecule has 0 radical (unpaired) electrons. The van der Waals surface area contributed by atoms with Crippen LogP contribution in [0.5, 0.6) is 0 Å². The van der Waals surface area contributed by atoms with E-state index in [4.69, 9.17) is 9.15 Å². The normalized spacial score (nSPS) is 10.5. The number of aromatic nitrogens is 1. The Hall–Kier alpha value is -1.62. The maximum Gasteiger partial charge on any atom is 0.394 e. The lowest BCUT2D eigenvalue weighted by Crippen LogP contribution is -2.05. The maximum absolute atomic E-state index is 11.5. The highest BCUT2D eigenvalue weighted by molar-refractivity contribution is 9.10. The van der Waals surface area contributed by atoms with Gasteiger partial charge in [0.2, 0.25) is 0 Å². The van der Waals surface area contributed by atoms with Gasteiger partial charge in [0.1, 0.15) is 5.76 Å². The Morgan fingerprint density at radius 1 is 1.47 bits per heavy atom. The molecular weight excluding hydrogens is 310 g/mol. The largest absolute Gasteiger partial charge is 0.459 e. The molecule has 1 heterocycles. The van der Waals surface area contributed by atoms with E-state index in [2.05, 4.69) is 20.9 Å². The van der Waals surface area contributed by atoms with Crippen LogP contribution in [-0.2, 0) is 11.2 Å². The van der Waals surface area contributed by atoms with Gasteiger partial charge >= 0.3 is 11.9 Å². The van der Waals surface area contributed by atoms with Gasteiger partial charge in [0, 0.05) is 10.9 Å². The average Bonchev–Trinajstić information content (AvgIpc) is 2.71. The summed E-state index contributed by atoms with van der Waals surface area (Å²) in [6, 6.07) is 7.94. The second-order valence-electron chi connectivity index (χ2n) is 4.05. The van der Waals surface area contributed by atoms with Gasteiger partial charge in [-0.1, -0.05) is 28.1 Å². The molecule has 0 aliphatic rings. The third kappa shape index (κ3) is 3.44. The van der Waals surface area contributed by atoms with Crippen molar-refractivity contribution in [1.29, 1.82) is 0 Å². The van der Waals surface area contributed by atoms with Crippen LogP contribution in [0.1, 0.15) is 34.6 Å². The number of hydrogen-bond donors (Lipinski definition) is 0. The zero-order valence-corrected chi connectivity index (χ0v) is 12.4. The molecule has 2 aromatic rings. The molecule has 0 saturated heterocycles. The second kappa shape index (κ2) is 6.02. The molecule has 0 unspecified atom stereocenters. The standard InChI is InChI=1S/C14H14BrNO3/c1-3-18-14(17)13-16-12(9(2)19-13)8-10-5-4-6-11(15)7-10/h4-7H,3,8H2,1-2H3. The van der Waals surface area contributed by atoms with E-state index in [-0.39, 0.29) is 5.89 Å². The Balaban J connectivity index is 2.19. The minimum atomic E-state index is -0.522. The predicted octanol–water partition coefficient (Wildman–Crippen LogP) is 3.51. The number of benzene rings is 1. The van der Waals surface area contributed by atoms with E-state index in [0.717, 1.165) is 15.7 Å². The van der Waals surface area contributed by atoms with Crippen LogP contribution in [-0.4, -0.2) is 17.6 Å². The summed E-state index contributed by atoms with van der Waals surface area (Å²) in [4.78, 5) is 15.7. The molecule has 1 aromatic heterocycles. The summed E-state index contributed by atoms with van der Waals surface area (Å²) in [5.74, 6) is 0.137. The maximum atomic E-state index is 11.5. The zero-order chi connectivity index (χ0) is 13.8. The number of carbonyl (C=O) groups excluding carboxylic acids is 1. The number of nitrogens with zero attached hydrogens (tertiary/aromatic N) is 1. The van der Waals surface area contributed by atoms with Gasteiger partial charge in [-0.2, -0.15) is 0 Å². The molecule has 0 spiro atoms. The van der Waals surface area contributed by atoms with Gasteiger partial charge < -0.3 is 9.15 Å². The van der Waals surface area contributed by atoms with Crippen LogP contribution < -0.4 is 0 Å². The highest BCUT2D eigenvalue weighted by Gasteiger charge is 2.17. The van der Waals surface area contributed by atoms with Gasteiger partial charge in [-0.3, -0.25) is 0 Å². The molecule has 0 aliphatic heterocycles. The Morgan fingerprint density at radius 2 is 2.26 bits per heavy atom. The van der Waals surface area contributed by atoms with Crippen molar-refractivity contribution in [2.45, 2.75) is 20.3 Å². The Bertz CT molecular complexity index is 592. The van der Waals surface area contributed by atoms with Gasteiger partial charge in [-0.25, -0.2) is 9.78 Å². The van der Waals surface area contributed by atoms with Crippen LogP contribution in [0, 0.1) is 6.92 Å². The van der Waals surface area contributed by atoms with Crippen LogP contribution in [0.15, 0.2) is 33.2 Å². The molecule has 5 heteroatoms. The van der Waals surface area contributed by atoms with Crippen molar-refractivity contribution >= 4 is 21.9 Å². The molecule has 0 bridgehead atoms. The van der Waals surface area contributed by atoms with E-state index in [0.29, 0.717) is 18.8 Å². The summed E-state index contributed by atoms with van der Waals surface area (Å²) in [6.45, 7) is 3.85. The topological polar surface area (TPSA) is 52.3 Å². The zero-order valence-electron chi connectivity index (χ0n) is 10.8. The summed E-state index contributed by atoms with van der Waals surface area (Å²) >= 11 is 3.43. The SMILES string of the molecule is CCOC(=O)c1nc(Cc2cccc(Br)c2)c(C)o1. The first-order valence-electron chi connectivity index (χ1n) is 5.98. The number of oxazole rings is 1. The van der Waals surface area contributed by atoms with Crippen molar-refractivity contribution in [1.82, 2.24) is 4.98 Å². The first kappa shape index (κ1) is 13.8. The van der Waals surface area contributed by atoms with E-state index in [1.165, 1.54) is 0 Å². The smallest absolute Gasteiger partial charge is 0.394 e. The van der Waals surface area contributed by atoms with E-state index in [1.807, 2.05) is 24.3 Å². The Morgan fingerprint density at radius 3 is 2.95 bits per heavy atom. The van der Waals surface area contributed by atoms with E-state index < -0.39 is 5.97 Å². The number of ether oxygens (including phenoxy) is 1. The van der Waals surface area contributed by atoms with Gasteiger partial charge in [0.25, 0.3) is 0 Å². The summed E-state index contributed by atoms with van der Waals surface area (Å²) in [5.41, 5.74) is 1.85. The molecule has 0 aliphatic carbocycles. The molecule has 1 aromatic carbocycles. The summed E-state index contributed by atoms with van der Waals surface area (Å²) in [5, 5.41) is 0. The predicted molar refractivity (Wildman–Crippen MR) is 74.1 cm³/mol. The third-order valence-corrected chi connectivity index (χ3v) is 3.10. The lowest BCUT2D eigenvalue weighted by molar-refractivity contribution is 0.0479. The first-order valence-corrected chi connectivity index (χ1v) is 6.77. The van der Waals surface area contributed by atoms with Gasteiger partial charge in [-0.15, -0.1) is 0 Å². The van der Waals surface area contributed by atoms with Gasteiger partial charge in [0.15, 0.2) is 0 Å². The Kier molecular flexibility index (Phi) is 4.37. The van der Waals surface area contributed by atoms with E-state index in [9.17, 15) is 4.79 Å². The van der Waals surface area contributed by atoms with Crippen molar-refractivity contribution in [3.05, 3.63) is 51.6 Å². The highest BCUT2D eigenvalue weighted by atomic mass is 79.9. The third-order valence-electron chi connectivity index (χ3n) is 2.60. The monoisotopic (exact) mass is 323 g/mol. The van der Waals surface area contributed by atoms with Crippen molar-refractivity contribution in [3.63, 3.8) is 0 Å². The van der Waals surface area contributed by atoms with Crippen molar-refractivity contribution in [2.75, 3.05) is 6.61 Å². The molecule has 100 valence electrons. The van der Waals surface area contributed by atoms with E-state index in [1.54, 1.807) is 13.8 Å². The van der Waals surface area contributed by atoms with E-state index >= 15 is 0 Å². The lowest BCUT2D eigenvalue weighted by atomic mass is 10.1. The van der Waals surface area contributed by atoms with Crippen LogP contribution in [0.25, 0.3) is 0 Å². The molecule has 0 fully saturated rings. The van der Waals surface area contributed by atoms with Crippen LogP contribution in [0.3, 0.4) is 0 Å². The molecule has 4 nitrogen and oxygen atoms in total. The molecule has 0 saturated carbocycles.